The molecule has 19 heavy (non-hydrogen) atoms. The molecule has 1 heterocycles. The van der Waals surface area contributed by atoms with Crippen molar-refractivity contribution in [2.45, 2.75) is 52.9 Å². The molecule has 0 aromatic rings. The Morgan fingerprint density at radius 1 is 1.26 bits per heavy atom. The van der Waals surface area contributed by atoms with E-state index in [4.69, 9.17) is 4.99 Å². The van der Waals surface area contributed by atoms with Crippen molar-refractivity contribution >= 4 is 5.96 Å². The first-order valence-electron chi connectivity index (χ1n) is 8.22. The summed E-state index contributed by atoms with van der Waals surface area (Å²) in [5.74, 6) is 3.83. The van der Waals surface area contributed by atoms with Crippen LogP contribution in [0.3, 0.4) is 0 Å². The summed E-state index contributed by atoms with van der Waals surface area (Å²) in [4.78, 5) is 7.30. The average Bonchev–Trinajstić information content (AvgIpc) is 3.07. The molecule has 3 nitrogen and oxygen atoms in total. The van der Waals surface area contributed by atoms with Gasteiger partial charge >= 0.3 is 0 Å². The van der Waals surface area contributed by atoms with Gasteiger partial charge in [-0.3, -0.25) is 4.99 Å². The van der Waals surface area contributed by atoms with Crippen LogP contribution in [0, 0.1) is 17.8 Å². The summed E-state index contributed by atoms with van der Waals surface area (Å²) in [7, 11) is 0. The van der Waals surface area contributed by atoms with Crippen LogP contribution in [0.5, 0.6) is 0 Å². The van der Waals surface area contributed by atoms with Crippen LogP contribution in [0.1, 0.15) is 52.9 Å². The van der Waals surface area contributed by atoms with E-state index in [-0.39, 0.29) is 0 Å². The van der Waals surface area contributed by atoms with Gasteiger partial charge in [-0.15, -0.1) is 0 Å². The van der Waals surface area contributed by atoms with E-state index in [2.05, 4.69) is 31.0 Å². The molecule has 0 bridgehead atoms. The molecule has 1 saturated heterocycles. The number of rotatable bonds is 6. The van der Waals surface area contributed by atoms with Gasteiger partial charge in [-0.05, 0) is 43.9 Å². The van der Waals surface area contributed by atoms with E-state index in [0.29, 0.717) is 0 Å². The summed E-state index contributed by atoms with van der Waals surface area (Å²) in [5.41, 5.74) is 0. The molecule has 0 amide bonds. The molecule has 3 heteroatoms. The van der Waals surface area contributed by atoms with E-state index < -0.39 is 0 Å². The Bertz CT molecular complexity index is 294. The zero-order valence-electron chi connectivity index (χ0n) is 13.0. The van der Waals surface area contributed by atoms with Crippen LogP contribution in [0.2, 0.25) is 0 Å². The highest BCUT2D eigenvalue weighted by atomic mass is 15.3. The Kier molecular flexibility index (Phi) is 5.53. The minimum atomic E-state index is 0.819. The lowest BCUT2D eigenvalue weighted by Gasteiger charge is -2.22. The van der Waals surface area contributed by atoms with Gasteiger partial charge in [-0.2, -0.15) is 0 Å². The lowest BCUT2D eigenvalue weighted by atomic mass is 9.97. The van der Waals surface area contributed by atoms with Crippen molar-refractivity contribution in [2.75, 3.05) is 26.2 Å². The fourth-order valence-electron chi connectivity index (χ4n) is 3.07. The molecule has 1 aliphatic carbocycles. The predicted molar refractivity (Wildman–Crippen MR) is 82.5 cm³/mol. The summed E-state index contributed by atoms with van der Waals surface area (Å²) in [6.45, 7) is 11.2. The van der Waals surface area contributed by atoms with E-state index >= 15 is 0 Å². The van der Waals surface area contributed by atoms with Crippen molar-refractivity contribution in [1.82, 2.24) is 10.2 Å². The smallest absolute Gasteiger partial charge is 0.193 e. The first-order chi connectivity index (χ1) is 9.19. The molecule has 2 rings (SSSR count). The normalized spacial score (nSPS) is 24.3. The minimum absolute atomic E-state index is 0.819. The van der Waals surface area contributed by atoms with Gasteiger partial charge in [0.25, 0.3) is 0 Å². The Hall–Kier alpha value is -0.730. The van der Waals surface area contributed by atoms with Gasteiger partial charge in [0.05, 0.1) is 0 Å². The molecule has 2 aliphatic rings. The number of aliphatic imine (C=N–C) groups is 1. The van der Waals surface area contributed by atoms with Crippen molar-refractivity contribution in [3.05, 3.63) is 0 Å². The van der Waals surface area contributed by atoms with Crippen LogP contribution in [-0.2, 0) is 0 Å². The second-order valence-electron chi connectivity index (χ2n) is 6.70. The SMILES string of the molecule is CCNC(=NCCC1CC1)N1CCC(CC(C)C)C1. The number of hydrogen-bond donors (Lipinski definition) is 1. The monoisotopic (exact) mass is 265 g/mol. The topological polar surface area (TPSA) is 27.6 Å². The van der Waals surface area contributed by atoms with Crippen LogP contribution in [-0.4, -0.2) is 37.0 Å². The number of hydrogen-bond acceptors (Lipinski definition) is 1. The van der Waals surface area contributed by atoms with Crippen LogP contribution in [0.4, 0.5) is 0 Å². The zero-order valence-corrected chi connectivity index (χ0v) is 13.0. The minimum Gasteiger partial charge on any atom is -0.357 e. The fourth-order valence-corrected chi connectivity index (χ4v) is 3.07. The highest BCUT2D eigenvalue weighted by molar-refractivity contribution is 5.80. The molecule has 2 fully saturated rings. The van der Waals surface area contributed by atoms with Gasteiger partial charge in [0.2, 0.25) is 0 Å². The van der Waals surface area contributed by atoms with E-state index in [0.717, 1.165) is 36.8 Å². The third kappa shape index (κ3) is 5.04. The Labute approximate surface area is 118 Å². The van der Waals surface area contributed by atoms with Gasteiger partial charge in [-0.25, -0.2) is 0 Å². The Morgan fingerprint density at radius 3 is 2.68 bits per heavy atom. The molecule has 0 radical (unpaired) electrons. The molecule has 1 saturated carbocycles. The Balaban J connectivity index is 1.80. The lowest BCUT2D eigenvalue weighted by Crippen LogP contribution is -2.40. The van der Waals surface area contributed by atoms with Crippen molar-refractivity contribution in [3.63, 3.8) is 0 Å². The lowest BCUT2D eigenvalue weighted by molar-refractivity contribution is 0.403. The molecule has 0 aromatic carbocycles. The molecule has 110 valence electrons. The number of likely N-dealkylation sites (tertiary alicyclic amines) is 1. The maximum atomic E-state index is 4.82. The third-order valence-electron chi connectivity index (χ3n) is 4.22. The summed E-state index contributed by atoms with van der Waals surface area (Å²) in [5, 5.41) is 3.47. The summed E-state index contributed by atoms with van der Waals surface area (Å²) < 4.78 is 0. The molecular formula is C16H31N3. The zero-order chi connectivity index (χ0) is 13.7. The third-order valence-corrected chi connectivity index (χ3v) is 4.22. The standard InChI is InChI=1S/C16H31N3/c1-4-17-16(18-9-7-14-5-6-14)19-10-8-15(12-19)11-13(2)3/h13-15H,4-12H2,1-3H3,(H,17,18). The number of guanidine groups is 1. The molecule has 1 aliphatic heterocycles. The molecule has 1 atom stereocenters. The molecule has 1 N–H and O–H groups in total. The Morgan fingerprint density at radius 2 is 2.05 bits per heavy atom. The largest absolute Gasteiger partial charge is 0.357 e. The summed E-state index contributed by atoms with van der Waals surface area (Å²) in [6, 6.07) is 0. The second kappa shape index (κ2) is 7.16. The van der Waals surface area contributed by atoms with Crippen molar-refractivity contribution in [2.24, 2.45) is 22.7 Å². The van der Waals surface area contributed by atoms with E-state index in [1.807, 2.05) is 0 Å². The van der Waals surface area contributed by atoms with Gasteiger partial charge in [0, 0.05) is 26.2 Å². The first-order valence-corrected chi connectivity index (χ1v) is 8.22. The average molecular weight is 265 g/mol. The molecule has 0 aromatic heterocycles. The van der Waals surface area contributed by atoms with Gasteiger partial charge in [0.1, 0.15) is 0 Å². The summed E-state index contributed by atoms with van der Waals surface area (Å²) in [6.07, 6.45) is 6.86. The van der Waals surface area contributed by atoms with Gasteiger partial charge in [-0.1, -0.05) is 26.7 Å². The predicted octanol–water partition coefficient (Wildman–Crippen LogP) is 3.12. The number of nitrogens with zero attached hydrogens (tertiary/aromatic N) is 2. The molecular weight excluding hydrogens is 234 g/mol. The van der Waals surface area contributed by atoms with E-state index in [1.54, 1.807) is 0 Å². The quantitative estimate of drug-likeness (QED) is 0.590. The maximum absolute atomic E-state index is 4.82. The highest BCUT2D eigenvalue weighted by Crippen LogP contribution is 2.32. The summed E-state index contributed by atoms with van der Waals surface area (Å²) >= 11 is 0. The van der Waals surface area contributed by atoms with Gasteiger partial charge in [0.15, 0.2) is 5.96 Å². The van der Waals surface area contributed by atoms with E-state index in [9.17, 15) is 0 Å². The molecule has 1 unspecified atom stereocenters. The van der Waals surface area contributed by atoms with Crippen molar-refractivity contribution in [1.29, 1.82) is 0 Å². The first kappa shape index (κ1) is 14.7. The van der Waals surface area contributed by atoms with Crippen molar-refractivity contribution < 1.29 is 0 Å². The van der Waals surface area contributed by atoms with Gasteiger partial charge < -0.3 is 10.2 Å². The van der Waals surface area contributed by atoms with E-state index in [1.165, 1.54) is 45.2 Å². The van der Waals surface area contributed by atoms with Crippen LogP contribution in [0.15, 0.2) is 4.99 Å². The highest BCUT2D eigenvalue weighted by Gasteiger charge is 2.25. The maximum Gasteiger partial charge on any atom is 0.193 e. The van der Waals surface area contributed by atoms with Crippen LogP contribution >= 0.6 is 0 Å². The second-order valence-corrected chi connectivity index (χ2v) is 6.70. The van der Waals surface area contributed by atoms with Crippen molar-refractivity contribution in [3.8, 4) is 0 Å². The molecule has 0 spiro atoms. The number of nitrogens with one attached hydrogen (secondary N) is 1. The van der Waals surface area contributed by atoms with Crippen LogP contribution < -0.4 is 5.32 Å². The fraction of sp³-hybridized carbons (Fsp3) is 0.938. The van der Waals surface area contributed by atoms with Crippen LogP contribution in [0.25, 0.3) is 0 Å².